The lowest BCUT2D eigenvalue weighted by atomic mass is 10.0. The highest BCUT2D eigenvalue weighted by Crippen LogP contribution is 2.35. The van der Waals surface area contributed by atoms with Crippen LogP contribution < -0.4 is 18.9 Å². The zero-order chi connectivity index (χ0) is 33.6. The summed E-state index contributed by atoms with van der Waals surface area (Å²) in [4.78, 5) is 0. The first kappa shape index (κ1) is 34.9. The second kappa shape index (κ2) is 18.2. The minimum Gasteiger partial charge on any atom is -0.494 e. The van der Waals surface area contributed by atoms with Crippen LogP contribution in [-0.2, 0) is 0 Å². The molecule has 0 bridgehead atoms. The standard InChI is InChI=1S/2C22H26O2/c1-3-5-11-23-21-9-7-17-14-20-16-22(24-12-6-4-2)10-8-18(20)13-19(17)15-21;1-3-5-11-23-21-15-19-13-17-9-7-8-10-18(17)14-20(19)16-22(21)24-12-6-4-2/h2*7-10,13-16H,3-6,11-12H2,1-2H3. The molecule has 6 aromatic carbocycles. The van der Waals surface area contributed by atoms with Crippen LogP contribution in [0.4, 0.5) is 0 Å². The van der Waals surface area contributed by atoms with E-state index in [4.69, 9.17) is 18.9 Å². The van der Waals surface area contributed by atoms with Gasteiger partial charge in [-0.1, -0.05) is 89.8 Å². The molecule has 0 aliphatic carbocycles. The van der Waals surface area contributed by atoms with E-state index >= 15 is 0 Å². The second-order valence-corrected chi connectivity index (χ2v) is 12.5. The molecule has 0 aliphatic heterocycles. The third kappa shape index (κ3) is 9.56. The Morgan fingerprint density at radius 3 is 1.04 bits per heavy atom. The molecule has 4 heteroatoms. The van der Waals surface area contributed by atoms with Crippen LogP contribution in [0.5, 0.6) is 23.0 Å². The van der Waals surface area contributed by atoms with E-state index in [2.05, 4.69) is 125 Å². The summed E-state index contributed by atoms with van der Waals surface area (Å²) in [6.07, 6.45) is 8.87. The molecule has 0 unspecified atom stereocenters. The van der Waals surface area contributed by atoms with E-state index in [1.165, 1.54) is 43.1 Å². The van der Waals surface area contributed by atoms with Crippen LogP contribution in [0.1, 0.15) is 79.1 Å². The fourth-order valence-corrected chi connectivity index (χ4v) is 5.63. The van der Waals surface area contributed by atoms with E-state index in [-0.39, 0.29) is 0 Å². The van der Waals surface area contributed by atoms with Crippen LogP contribution in [0.15, 0.2) is 97.1 Å². The van der Waals surface area contributed by atoms with Crippen molar-refractivity contribution < 1.29 is 18.9 Å². The first-order chi connectivity index (χ1) is 23.6. The number of hydrogen-bond acceptors (Lipinski definition) is 4. The van der Waals surface area contributed by atoms with Gasteiger partial charge < -0.3 is 18.9 Å². The Labute approximate surface area is 287 Å². The molecular formula is C44H52O4. The second-order valence-electron chi connectivity index (χ2n) is 12.5. The summed E-state index contributed by atoms with van der Waals surface area (Å²) in [5, 5.41) is 9.80. The summed E-state index contributed by atoms with van der Waals surface area (Å²) in [6, 6.07) is 34.3. The first-order valence-corrected chi connectivity index (χ1v) is 18.1. The first-order valence-electron chi connectivity index (χ1n) is 18.1. The average Bonchev–Trinajstić information content (AvgIpc) is 3.10. The molecule has 252 valence electrons. The van der Waals surface area contributed by atoms with Gasteiger partial charge in [-0.2, -0.15) is 0 Å². The van der Waals surface area contributed by atoms with Crippen LogP contribution >= 0.6 is 0 Å². The van der Waals surface area contributed by atoms with Crippen molar-refractivity contribution >= 4 is 43.1 Å². The molecule has 4 nitrogen and oxygen atoms in total. The highest BCUT2D eigenvalue weighted by Gasteiger charge is 2.09. The third-order valence-corrected chi connectivity index (χ3v) is 8.55. The van der Waals surface area contributed by atoms with E-state index in [0.717, 1.165) is 101 Å². The maximum atomic E-state index is 6.00. The summed E-state index contributed by atoms with van der Waals surface area (Å²) in [6.45, 7) is 11.7. The van der Waals surface area contributed by atoms with Crippen molar-refractivity contribution in [3.63, 3.8) is 0 Å². The van der Waals surface area contributed by atoms with Crippen molar-refractivity contribution in [2.75, 3.05) is 26.4 Å². The largest absolute Gasteiger partial charge is 0.494 e. The molecule has 0 aliphatic rings. The van der Waals surface area contributed by atoms with Crippen molar-refractivity contribution in [1.29, 1.82) is 0 Å². The maximum Gasteiger partial charge on any atom is 0.161 e. The molecule has 6 aromatic rings. The number of benzene rings is 6. The molecule has 0 amide bonds. The molecule has 0 radical (unpaired) electrons. The highest BCUT2D eigenvalue weighted by molar-refractivity contribution is 6.00. The Bertz CT molecular complexity index is 1760. The molecule has 0 fully saturated rings. The topological polar surface area (TPSA) is 36.9 Å². The summed E-state index contributed by atoms with van der Waals surface area (Å²) >= 11 is 0. The molecule has 0 saturated carbocycles. The van der Waals surface area contributed by atoms with Crippen molar-refractivity contribution in [3.05, 3.63) is 97.1 Å². The Hall–Kier alpha value is -4.44. The van der Waals surface area contributed by atoms with Gasteiger partial charge in [0.15, 0.2) is 11.5 Å². The van der Waals surface area contributed by atoms with Crippen LogP contribution in [0.25, 0.3) is 43.1 Å². The zero-order valence-corrected chi connectivity index (χ0v) is 29.4. The van der Waals surface area contributed by atoms with Crippen molar-refractivity contribution in [2.45, 2.75) is 79.1 Å². The number of hydrogen-bond donors (Lipinski definition) is 0. The Morgan fingerprint density at radius 1 is 0.333 bits per heavy atom. The predicted octanol–water partition coefficient (Wildman–Crippen LogP) is 12.7. The predicted molar refractivity (Wildman–Crippen MR) is 205 cm³/mol. The minimum atomic E-state index is 0.736. The van der Waals surface area contributed by atoms with E-state index in [0.29, 0.717) is 0 Å². The van der Waals surface area contributed by atoms with Crippen LogP contribution in [0.2, 0.25) is 0 Å². The van der Waals surface area contributed by atoms with Crippen molar-refractivity contribution in [3.8, 4) is 23.0 Å². The number of unbranched alkanes of at least 4 members (excludes halogenated alkanes) is 4. The fourth-order valence-electron chi connectivity index (χ4n) is 5.63. The molecule has 0 aromatic heterocycles. The number of ether oxygens (including phenoxy) is 4. The number of rotatable bonds is 16. The van der Waals surface area contributed by atoms with E-state index in [1.807, 2.05) is 0 Å². The fraction of sp³-hybridized carbons (Fsp3) is 0.364. The van der Waals surface area contributed by atoms with Gasteiger partial charge in [-0.3, -0.25) is 0 Å². The van der Waals surface area contributed by atoms with Crippen molar-refractivity contribution in [1.82, 2.24) is 0 Å². The van der Waals surface area contributed by atoms with E-state index in [1.54, 1.807) is 0 Å². The van der Waals surface area contributed by atoms with Gasteiger partial charge in [0.25, 0.3) is 0 Å². The monoisotopic (exact) mass is 644 g/mol. The minimum absolute atomic E-state index is 0.736. The van der Waals surface area contributed by atoms with Gasteiger partial charge in [0.2, 0.25) is 0 Å². The lowest BCUT2D eigenvalue weighted by Crippen LogP contribution is -2.02. The van der Waals surface area contributed by atoms with Crippen molar-refractivity contribution in [2.24, 2.45) is 0 Å². The van der Waals surface area contributed by atoms with E-state index < -0.39 is 0 Å². The van der Waals surface area contributed by atoms with Crippen LogP contribution in [0, 0.1) is 0 Å². The van der Waals surface area contributed by atoms with Gasteiger partial charge in [-0.05, 0) is 129 Å². The van der Waals surface area contributed by atoms with E-state index in [9.17, 15) is 0 Å². The van der Waals surface area contributed by atoms with Gasteiger partial charge in [-0.15, -0.1) is 0 Å². The summed E-state index contributed by atoms with van der Waals surface area (Å²) < 4.78 is 23.6. The van der Waals surface area contributed by atoms with Gasteiger partial charge in [0.05, 0.1) is 26.4 Å². The van der Waals surface area contributed by atoms with Crippen LogP contribution in [-0.4, -0.2) is 26.4 Å². The van der Waals surface area contributed by atoms with Gasteiger partial charge in [-0.25, -0.2) is 0 Å². The third-order valence-electron chi connectivity index (χ3n) is 8.55. The summed E-state index contributed by atoms with van der Waals surface area (Å²) in [5.74, 6) is 3.63. The lowest BCUT2D eigenvalue weighted by molar-refractivity contribution is 0.262. The molecule has 48 heavy (non-hydrogen) atoms. The Morgan fingerprint density at radius 2 is 0.667 bits per heavy atom. The quantitative estimate of drug-likeness (QED) is 0.0776. The molecule has 0 spiro atoms. The maximum absolute atomic E-state index is 6.00. The summed E-state index contributed by atoms with van der Waals surface area (Å²) in [7, 11) is 0. The Kier molecular flexibility index (Phi) is 13.2. The molecule has 0 heterocycles. The van der Waals surface area contributed by atoms with Crippen LogP contribution in [0.3, 0.4) is 0 Å². The number of fused-ring (bicyclic) bond motifs is 4. The van der Waals surface area contributed by atoms with Gasteiger partial charge in [0, 0.05) is 0 Å². The van der Waals surface area contributed by atoms with Gasteiger partial charge in [0.1, 0.15) is 11.5 Å². The molecule has 0 N–H and O–H groups in total. The SMILES string of the molecule is CCCCOc1cc2cc3ccccc3cc2cc1OCCCC.CCCCOc1ccc2cc3cc(OCCCC)ccc3cc2c1. The average molecular weight is 645 g/mol. The Balaban J connectivity index is 0.000000188. The summed E-state index contributed by atoms with van der Waals surface area (Å²) in [5.41, 5.74) is 0. The normalized spacial score (nSPS) is 11.1. The molecule has 6 rings (SSSR count). The molecule has 0 saturated heterocycles. The zero-order valence-electron chi connectivity index (χ0n) is 29.4. The lowest BCUT2D eigenvalue weighted by Gasteiger charge is -2.14. The smallest absolute Gasteiger partial charge is 0.161 e. The van der Waals surface area contributed by atoms with Gasteiger partial charge >= 0.3 is 0 Å². The molecular weight excluding hydrogens is 592 g/mol. The highest BCUT2D eigenvalue weighted by atomic mass is 16.5. The molecule has 0 atom stereocenters.